The molecule has 1 aromatic carbocycles. The third kappa shape index (κ3) is 2.46. The average Bonchev–Trinajstić information content (AvgIpc) is 3.29. The zero-order valence-electron chi connectivity index (χ0n) is 13.6. The van der Waals surface area contributed by atoms with Crippen LogP contribution in [0.25, 0.3) is 10.9 Å². The van der Waals surface area contributed by atoms with Crippen molar-refractivity contribution < 1.29 is 14.3 Å². The molecule has 2 saturated carbocycles. The van der Waals surface area contributed by atoms with E-state index in [1.165, 1.54) is 7.11 Å². The van der Waals surface area contributed by atoms with Crippen molar-refractivity contribution in [3.8, 4) is 0 Å². The number of esters is 1. The van der Waals surface area contributed by atoms with E-state index in [-0.39, 0.29) is 30.3 Å². The van der Waals surface area contributed by atoms with Gasteiger partial charge in [-0.05, 0) is 37.2 Å². The molecule has 2 aliphatic rings. The zero-order chi connectivity index (χ0) is 16.7. The van der Waals surface area contributed by atoms with Gasteiger partial charge in [-0.15, -0.1) is 0 Å². The highest BCUT2D eigenvalue weighted by atomic mass is 16.5. The number of para-hydroxylation sites is 1. The molecule has 2 aliphatic carbocycles. The van der Waals surface area contributed by atoms with Crippen LogP contribution in [0, 0.1) is 17.8 Å². The first kappa shape index (κ1) is 15.2. The molecule has 0 radical (unpaired) electrons. The van der Waals surface area contributed by atoms with Gasteiger partial charge >= 0.3 is 5.97 Å². The standard InChI is InChI=1S/C18H21N3O3/c1-24-18(23)16-10-6-7-11(8-10)17(16)19-15(22)9-14-12-4-2-3-5-13(12)20-21-14/h2-5,10-11,16-17H,6-9H2,1H3,(H,19,22)(H,20,21). The Bertz CT molecular complexity index is 785. The lowest BCUT2D eigenvalue weighted by atomic mass is 9.84. The van der Waals surface area contributed by atoms with Crippen LogP contribution in [0.5, 0.6) is 0 Å². The average molecular weight is 327 g/mol. The predicted molar refractivity (Wildman–Crippen MR) is 88.1 cm³/mol. The fourth-order valence-corrected chi connectivity index (χ4v) is 4.52. The molecule has 6 nitrogen and oxygen atoms in total. The number of H-pyrrole nitrogens is 1. The highest BCUT2D eigenvalue weighted by molar-refractivity contribution is 5.87. The van der Waals surface area contributed by atoms with Crippen LogP contribution >= 0.6 is 0 Å². The van der Waals surface area contributed by atoms with Gasteiger partial charge in [-0.3, -0.25) is 14.7 Å². The zero-order valence-corrected chi connectivity index (χ0v) is 13.6. The molecule has 0 saturated heterocycles. The van der Waals surface area contributed by atoms with Crippen LogP contribution < -0.4 is 5.32 Å². The molecule has 4 atom stereocenters. The predicted octanol–water partition coefficient (Wildman–Crippen LogP) is 1.81. The summed E-state index contributed by atoms with van der Waals surface area (Å²) in [7, 11) is 1.42. The van der Waals surface area contributed by atoms with Crippen molar-refractivity contribution in [1.82, 2.24) is 15.5 Å². The van der Waals surface area contributed by atoms with E-state index in [2.05, 4.69) is 15.5 Å². The third-order valence-electron chi connectivity index (χ3n) is 5.60. The molecule has 4 rings (SSSR count). The molecule has 6 heteroatoms. The van der Waals surface area contributed by atoms with E-state index in [9.17, 15) is 9.59 Å². The number of aromatic nitrogens is 2. The van der Waals surface area contributed by atoms with Crippen molar-refractivity contribution in [2.24, 2.45) is 17.8 Å². The van der Waals surface area contributed by atoms with Crippen LogP contribution in [-0.2, 0) is 20.7 Å². The number of hydrogen-bond donors (Lipinski definition) is 2. The smallest absolute Gasteiger partial charge is 0.311 e. The maximum absolute atomic E-state index is 12.5. The first-order valence-corrected chi connectivity index (χ1v) is 8.46. The molecule has 2 aromatic rings. The Morgan fingerprint density at radius 2 is 2.08 bits per heavy atom. The minimum absolute atomic E-state index is 0.0733. The molecule has 0 spiro atoms. The summed E-state index contributed by atoms with van der Waals surface area (Å²) in [4.78, 5) is 24.6. The van der Waals surface area contributed by atoms with Gasteiger partial charge in [-0.1, -0.05) is 18.2 Å². The van der Waals surface area contributed by atoms with Crippen molar-refractivity contribution in [3.05, 3.63) is 30.0 Å². The number of nitrogens with zero attached hydrogens (tertiary/aromatic N) is 1. The maximum atomic E-state index is 12.5. The summed E-state index contributed by atoms with van der Waals surface area (Å²) in [5.74, 6) is 0.272. The summed E-state index contributed by atoms with van der Waals surface area (Å²) in [5.41, 5.74) is 1.66. The second-order valence-electron chi connectivity index (χ2n) is 6.87. The number of carbonyl (C=O) groups excluding carboxylic acids is 2. The van der Waals surface area contributed by atoms with Gasteiger partial charge in [0.15, 0.2) is 0 Å². The van der Waals surface area contributed by atoms with Crippen LogP contribution in [-0.4, -0.2) is 35.2 Å². The van der Waals surface area contributed by atoms with E-state index >= 15 is 0 Å². The number of methoxy groups -OCH3 is 1. The number of aromatic amines is 1. The molecule has 126 valence electrons. The number of rotatable bonds is 4. The molecule has 24 heavy (non-hydrogen) atoms. The van der Waals surface area contributed by atoms with Crippen molar-refractivity contribution >= 4 is 22.8 Å². The molecule has 4 unspecified atom stereocenters. The van der Waals surface area contributed by atoms with Gasteiger partial charge in [0, 0.05) is 11.4 Å². The summed E-state index contributed by atoms with van der Waals surface area (Å²) in [6, 6.07) is 7.62. The van der Waals surface area contributed by atoms with Crippen LogP contribution in [0.1, 0.15) is 25.0 Å². The summed E-state index contributed by atoms with van der Waals surface area (Å²) >= 11 is 0. The summed E-state index contributed by atoms with van der Waals surface area (Å²) in [6.07, 6.45) is 3.39. The Balaban J connectivity index is 1.48. The van der Waals surface area contributed by atoms with Gasteiger partial charge < -0.3 is 10.1 Å². The highest BCUT2D eigenvalue weighted by Gasteiger charge is 2.51. The van der Waals surface area contributed by atoms with E-state index in [1.807, 2.05) is 24.3 Å². The number of carbonyl (C=O) groups is 2. The topological polar surface area (TPSA) is 84.1 Å². The Hall–Kier alpha value is -2.37. The molecule has 2 fully saturated rings. The number of ether oxygens (including phenoxy) is 1. The lowest BCUT2D eigenvalue weighted by Crippen LogP contribution is -2.47. The number of benzene rings is 1. The fourth-order valence-electron chi connectivity index (χ4n) is 4.52. The highest BCUT2D eigenvalue weighted by Crippen LogP contribution is 2.48. The molecule has 1 amide bonds. The maximum Gasteiger partial charge on any atom is 0.311 e. The fraction of sp³-hybridized carbons (Fsp3) is 0.500. The van der Waals surface area contributed by atoms with E-state index in [1.54, 1.807) is 0 Å². The van der Waals surface area contributed by atoms with Gasteiger partial charge in [0.25, 0.3) is 0 Å². The molecule has 0 aliphatic heterocycles. The second kappa shape index (κ2) is 5.92. The minimum atomic E-state index is -0.198. The summed E-state index contributed by atoms with van der Waals surface area (Å²) in [6.45, 7) is 0. The van der Waals surface area contributed by atoms with Gasteiger partial charge in [-0.25, -0.2) is 0 Å². The first-order valence-electron chi connectivity index (χ1n) is 8.46. The number of nitrogens with one attached hydrogen (secondary N) is 2. The Labute approximate surface area is 139 Å². The second-order valence-corrected chi connectivity index (χ2v) is 6.87. The Morgan fingerprint density at radius 3 is 2.92 bits per heavy atom. The molecule has 2 bridgehead atoms. The van der Waals surface area contributed by atoms with Crippen LogP contribution in [0.3, 0.4) is 0 Å². The Kier molecular flexibility index (Phi) is 3.75. The van der Waals surface area contributed by atoms with E-state index in [4.69, 9.17) is 4.74 Å². The molecular weight excluding hydrogens is 306 g/mol. The monoisotopic (exact) mass is 327 g/mol. The van der Waals surface area contributed by atoms with E-state index < -0.39 is 0 Å². The number of amides is 1. The Morgan fingerprint density at radius 1 is 1.29 bits per heavy atom. The van der Waals surface area contributed by atoms with Crippen LogP contribution in [0.2, 0.25) is 0 Å². The van der Waals surface area contributed by atoms with Gasteiger partial charge in [-0.2, -0.15) is 5.10 Å². The molecule has 2 N–H and O–H groups in total. The molecule has 1 aromatic heterocycles. The van der Waals surface area contributed by atoms with Gasteiger partial charge in [0.2, 0.25) is 5.91 Å². The third-order valence-corrected chi connectivity index (χ3v) is 5.60. The molecule has 1 heterocycles. The van der Waals surface area contributed by atoms with E-state index in [0.29, 0.717) is 11.8 Å². The van der Waals surface area contributed by atoms with Crippen molar-refractivity contribution in [3.63, 3.8) is 0 Å². The van der Waals surface area contributed by atoms with Crippen LogP contribution in [0.4, 0.5) is 0 Å². The SMILES string of the molecule is COC(=O)C1C2CCC(C2)C1NC(=O)Cc1[nH]nc2ccccc12. The van der Waals surface area contributed by atoms with Crippen molar-refractivity contribution in [2.45, 2.75) is 31.7 Å². The lowest BCUT2D eigenvalue weighted by Gasteiger charge is -2.29. The van der Waals surface area contributed by atoms with Crippen molar-refractivity contribution in [2.75, 3.05) is 7.11 Å². The van der Waals surface area contributed by atoms with Crippen LogP contribution in [0.15, 0.2) is 24.3 Å². The summed E-state index contributed by atoms with van der Waals surface area (Å²) < 4.78 is 4.96. The first-order chi connectivity index (χ1) is 11.7. The number of hydrogen-bond acceptors (Lipinski definition) is 4. The van der Waals surface area contributed by atoms with Gasteiger partial charge in [0.05, 0.1) is 30.7 Å². The largest absolute Gasteiger partial charge is 0.469 e. The normalized spacial score (nSPS) is 28.2. The molecular formula is C18H21N3O3. The van der Waals surface area contributed by atoms with E-state index in [0.717, 1.165) is 35.9 Å². The minimum Gasteiger partial charge on any atom is -0.469 e. The number of fused-ring (bicyclic) bond motifs is 3. The summed E-state index contributed by atoms with van der Waals surface area (Å²) in [5, 5.41) is 11.2. The van der Waals surface area contributed by atoms with Gasteiger partial charge in [0.1, 0.15) is 0 Å². The lowest BCUT2D eigenvalue weighted by molar-refractivity contribution is -0.148. The quantitative estimate of drug-likeness (QED) is 0.839. The van der Waals surface area contributed by atoms with Crippen molar-refractivity contribution in [1.29, 1.82) is 0 Å².